The molecule has 6 nitrogen and oxygen atoms in total. The summed E-state index contributed by atoms with van der Waals surface area (Å²) in [6.45, 7) is 10.3. The zero-order valence-electron chi connectivity index (χ0n) is 14.5. The van der Waals surface area contributed by atoms with E-state index in [2.05, 4.69) is 30.8 Å². The van der Waals surface area contributed by atoms with Crippen LogP contribution in [0.4, 0.5) is 0 Å². The van der Waals surface area contributed by atoms with Crippen molar-refractivity contribution in [1.82, 2.24) is 19.6 Å². The molecule has 128 valence electrons. The van der Waals surface area contributed by atoms with Gasteiger partial charge < -0.3 is 10.0 Å². The van der Waals surface area contributed by atoms with Crippen molar-refractivity contribution >= 4 is 5.91 Å². The highest BCUT2D eigenvalue weighted by Gasteiger charge is 2.33. The maximum absolute atomic E-state index is 12.8. The lowest BCUT2D eigenvalue weighted by atomic mass is 10.1. The van der Waals surface area contributed by atoms with Crippen molar-refractivity contribution in [1.29, 1.82) is 0 Å². The molecule has 1 saturated heterocycles. The van der Waals surface area contributed by atoms with E-state index in [1.165, 1.54) is 18.5 Å². The molecule has 1 aliphatic heterocycles. The van der Waals surface area contributed by atoms with Crippen molar-refractivity contribution in [3.05, 3.63) is 17.5 Å². The van der Waals surface area contributed by atoms with Crippen LogP contribution in [0, 0.1) is 0 Å². The third kappa shape index (κ3) is 3.58. The van der Waals surface area contributed by atoms with Crippen molar-refractivity contribution in [2.75, 3.05) is 39.3 Å². The Balaban J connectivity index is 1.73. The summed E-state index contributed by atoms with van der Waals surface area (Å²) in [4.78, 5) is 16.9. The minimum absolute atomic E-state index is 0.0403. The van der Waals surface area contributed by atoms with Crippen LogP contribution in [-0.4, -0.2) is 69.9 Å². The van der Waals surface area contributed by atoms with E-state index in [4.69, 9.17) is 5.11 Å². The summed E-state index contributed by atoms with van der Waals surface area (Å²) in [5, 5.41) is 13.6. The SMILES string of the molecule is CC(C)(C)n1nc(C(=O)N2CCN(CCO)CC2)cc1C1CC1. The molecule has 0 bridgehead atoms. The Kier molecular flexibility index (Phi) is 4.47. The van der Waals surface area contributed by atoms with Crippen LogP contribution in [-0.2, 0) is 5.54 Å². The number of nitrogens with zero attached hydrogens (tertiary/aromatic N) is 4. The normalized spacial score (nSPS) is 20.1. The third-order valence-electron chi connectivity index (χ3n) is 4.66. The second-order valence-electron chi connectivity index (χ2n) is 7.67. The average molecular weight is 320 g/mol. The number of hydrogen-bond acceptors (Lipinski definition) is 4. The molecule has 2 fully saturated rings. The van der Waals surface area contributed by atoms with Crippen molar-refractivity contribution in [3.63, 3.8) is 0 Å². The van der Waals surface area contributed by atoms with Crippen LogP contribution in [0.2, 0.25) is 0 Å². The largest absolute Gasteiger partial charge is 0.395 e. The Morgan fingerprint density at radius 2 is 1.91 bits per heavy atom. The first-order chi connectivity index (χ1) is 10.9. The summed E-state index contributed by atoms with van der Waals surface area (Å²) >= 11 is 0. The first-order valence-electron chi connectivity index (χ1n) is 8.63. The van der Waals surface area contributed by atoms with Gasteiger partial charge in [0.1, 0.15) is 0 Å². The smallest absolute Gasteiger partial charge is 0.274 e. The maximum Gasteiger partial charge on any atom is 0.274 e. The van der Waals surface area contributed by atoms with Crippen LogP contribution in [0.15, 0.2) is 6.07 Å². The molecule has 2 aliphatic rings. The fourth-order valence-electron chi connectivity index (χ4n) is 3.19. The van der Waals surface area contributed by atoms with Crippen LogP contribution in [0.25, 0.3) is 0 Å². The number of rotatable bonds is 4. The molecule has 1 aromatic rings. The van der Waals surface area contributed by atoms with E-state index in [9.17, 15) is 4.79 Å². The predicted octanol–water partition coefficient (Wildman–Crippen LogP) is 1.27. The number of piperazine rings is 1. The average Bonchev–Trinajstić information content (AvgIpc) is 3.25. The van der Waals surface area contributed by atoms with Gasteiger partial charge in [-0.1, -0.05) is 0 Å². The standard InChI is InChI=1S/C17H28N4O2/c1-17(2,3)21-15(13-4-5-13)12-14(18-21)16(23)20-8-6-19(7-9-20)10-11-22/h12-13,22H,4-11H2,1-3H3. The van der Waals surface area contributed by atoms with Gasteiger partial charge in [0.25, 0.3) is 5.91 Å². The predicted molar refractivity (Wildman–Crippen MR) is 88.6 cm³/mol. The van der Waals surface area contributed by atoms with Gasteiger partial charge in [0.15, 0.2) is 5.69 Å². The highest BCUT2D eigenvalue weighted by molar-refractivity contribution is 5.92. The summed E-state index contributed by atoms with van der Waals surface area (Å²) in [5.74, 6) is 0.614. The van der Waals surface area contributed by atoms with Gasteiger partial charge >= 0.3 is 0 Å². The molecule has 1 amide bonds. The van der Waals surface area contributed by atoms with E-state index in [0.717, 1.165) is 13.1 Å². The molecule has 1 aromatic heterocycles. The molecule has 3 rings (SSSR count). The van der Waals surface area contributed by atoms with Gasteiger partial charge in [-0.05, 0) is 39.7 Å². The van der Waals surface area contributed by atoms with E-state index in [1.54, 1.807) is 0 Å². The molecule has 6 heteroatoms. The van der Waals surface area contributed by atoms with Crippen molar-refractivity contribution in [2.45, 2.75) is 45.1 Å². The number of amides is 1. The highest BCUT2D eigenvalue weighted by Crippen LogP contribution is 2.41. The van der Waals surface area contributed by atoms with Gasteiger partial charge in [-0.2, -0.15) is 5.10 Å². The van der Waals surface area contributed by atoms with E-state index in [0.29, 0.717) is 31.2 Å². The molecule has 0 aromatic carbocycles. The second-order valence-corrected chi connectivity index (χ2v) is 7.67. The fourth-order valence-corrected chi connectivity index (χ4v) is 3.19. The lowest BCUT2D eigenvalue weighted by Gasteiger charge is -2.34. The molecule has 2 heterocycles. The summed E-state index contributed by atoms with van der Waals surface area (Å²) in [6.07, 6.45) is 2.41. The lowest BCUT2D eigenvalue weighted by Crippen LogP contribution is -2.49. The van der Waals surface area contributed by atoms with Crippen LogP contribution in [0.5, 0.6) is 0 Å². The molecule has 0 unspecified atom stereocenters. The van der Waals surface area contributed by atoms with Gasteiger partial charge in [0.2, 0.25) is 0 Å². The molecule has 0 spiro atoms. The highest BCUT2D eigenvalue weighted by atomic mass is 16.3. The van der Waals surface area contributed by atoms with Gasteiger partial charge in [0, 0.05) is 44.3 Å². The number of aliphatic hydroxyl groups excluding tert-OH is 1. The van der Waals surface area contributed by atoms with Gasteiger partial charge in [-0.3, -0.25) is 14.4 Å². The van der Waals surface area contributed by atoms with Gasteiger partial charge in [-0.25, -0.2) is 0 Å². The number of carbonyl (C=O) groups is 1. The second kappa shape index (κ2) is 6.24. The summed E-state index contributed by atoms with van der Waals surface area (Å²) in [6, 6.07) is 2.01. The Labute approximate surface area is 138 Å². The van der Waals surface area contributed by atoms with Gasteiger partial charge in [0.05, 0.1) is 12.1 Å². The molecule has 1 aliphatic carbocycles. The minimum Gasteiger partial charge on any atom is -0.395 e. The van der Waals surface area contributed by atoms with Crippen molar-refractivity contribution < 1.29 is 9.90 Å². The van der Waals surface area contributed by atoms with E-state index < -0.39 is 0 Å². The summed E-state index contributed by atoms with van der Waals surface area (Å²) in [5.41, 5.74) is 1.69. The first-order valence-corrected chi connectivity index (χ1v) is 8.63. The minimum atomic E-state index is -0.101. The Morgan fingerprint density at radius 1 is 1.26 bits per heavy atom. The van der Waals surface area contributed by atoms with E-state index in [-0.39, 0.29) is 18.1 Å². The topological polar surface area (TPSA) is 61.6 Å². The number of carbonyl (C=O) groups excluding carboxylic acids is 1. The molecular formula is C17H28N4O2. The maximum atomic E-state index is 12.8. The Morgan fingerprint density at radius 3 is 2.43 bits per heavy atom. The van der Waals surface area contributed by atoms with Crippen LogP contribution < -0.4 is 0 Å². The third-order valence-corrected chi connectivity index (χ3v) is 4.66. The number of aromatic nitrogens is 2. The van der Waals surface area contributed by atoms with Gasteiger partial charge in [-0.15, -0.1) is 0 Å². The Hall–Kier alpha value is -1.40. The van der Waals surface area contributed by atoms with Crippen molar-refractivity contribution in [3.8, 4) is 0 Å². The molecule has 1 saturated carbocycles. The zero-order valence-corrected chi connectivity index (χ0v) is 14.5. The van der Waals surface area contributed by atoms with E-state index >= 15 is 0 Å². The molecule has 0 atom stereocenters. The quantitative estimate of drug-likeness (QED) is 0.907. The molecule has 0 radical (unpaired) electrons. The van der Waals surface area contributed by atoms with E-state index in [1.807, 2.05) is 15.6 Å². The van der Waals surface area contributed by atoms with Crippen LogP contribution in [0.3, 0.4) is 0 Å². The monoisotopic (exact) mass is 320 g/mol. The molecular weight excluding hydrogens is 292 g/mol. The number of hydrogen-bond donors (Lipinski definition) is 1. The van der Waals surface area contributed by atoms with Crippen molar-refractivity contribution in [2.24, 2.45) is 0 Å². The number of aliphatic hydroxyl groups is 1. The first kappa shape index (κ1) is 16.5. The Bertz CT molecular complexity index is 564. The molecule has 23 heavy (non-hydrogen) atoms. The lowest BCUT2D eigenvalue weighted by molar-refractivity contribution is 0.0608. The van der Waals surface area contributed by atoms with Crippen LogP contribution >= 0.6 is 0 Å². The zero-order chi connectivity index (χ0) is 16.6. The fraction of sp³-hybridized carbons (Fsp3) is 0.765. The molecule has 1 N–H and O–H groups in total. The van der Waals surface area contributed by atoms with Crippen LogP contribution in [0.1, 0.15) is 55.7 Å². The number of β-amino-alcohol motifs (C(OH)–C–C–N with tert-alkyl or cyclic N) is 1. The summed E-state index contributed by atoms with van der Waals surface area (Å²) in [7, 11) is 0. The summed E-state index contributed by atoms with van der Waals surface area (Å²) < 4.78 is 2.04.